The summed E-state index contributed by atoms with van der Waals surface area (Å²) < 4.78 is 1.98. The molecule has 5 rings (SSSR count). The molecule has 0 radical (unpaired) electrons. The Kier molecular flexibility index (Phi) is 7.95. The molecule has 0 bridgehead atoms. The lowest BCUT2D eigenvalue weighted by molar-refractivity contribution is -0.121. The molecule has 3 N–H and O–H groups in total. The van der Waals surface area contributed by atoms with Gasteiger partial charge in [0, 0.05) is 47.8 Å². The summed E-state index contributed by atoms with van der Waals surface area (Å²) in [7, 11) is 0. The molecule has 1 unspecified atom stereocenters. The zero-order valence-electron chi connectivity index (χ0n) is 24.5. The van der Waals surface area contributed by atoms with Crippen molar-refractivity contribution in [2.45, 2.75) is 71.9 Å². The molecule has 0 aliphatic heterocycles. The number of Topliss-reactive ketones (excluding diaryl/α,β-unsaturated/α-hetero) is 1. The van der Waals surface area contributed by atoms with Gasteiger partial charge in [0.2, 0.25) is 0 Å². The van der Waals surface area contributed by atoms with Crippen LogP contribution in [0.1, 0.15) is 68.4 Å². The number of aliphatic hydroxyl groups is 1. The number of hydrogen-bond donors (Lipinski definition) is 3. The summed E-state index contributed by atoms with van der Waals surface area (Å²) in [4.78, 5) is 34.8. The molecular weight excluding hydrogens is 514 g/mol. The van der Waals surface area contributed by atoms with Gasteiger partial charge in [-0.3, -0.25) is 14.0 Å². The van der Waals surface area contributed by atoms with E-state index in [4.69, 9.17) is 4.98 Å². The minimum absolute atomic E-state index is 0.0184. The highest BCUT2D eigenvalue weighted by atomic mass is 16.3. The Bertz CT molecular complexity index is 1580. The van der Waals surface area contributed by atoms with E-state index in [1.807, 2.05) is 73.8 Å². The Balaban J connectivity index is 1.55. The first kappa shape index (κ1) is 28.5. The molecule has 1 atom stereocenters. The van der Waals surface area contributed by atoms with Crippen molar-refractivity contribution in [3.05, 3.63) is 71.5 Å². The molecule has 1 amide bonds. The minimum Gasteiger partial charge on any atom is -0.389 e. The standard InChI is InChI=1S/C33H39N5O3/c1-6-20(2)29(39)16-25-15-24(8-7-21(25)3)27-18-38-28(17-34-31(38)30(37-27)35-19-33(4,5)41)22-9-11-23(12-10-22)32(40)36-26-13-14-26/h7-12,15,17-18,20,26,41H,6,13-14,16,19H2,1-5H3,(H,35,37)(H,36,40). The van der Waals surface area contributed by atoms with Gasteiger partial charge in [-0.05, 0) is 69.4 Å². The van der Waals surface area contributed by atoms with Crippen LogP contribution in [0.5, 0.6) is 0 Å². The van der Waals surface area contributed by atoms with Crippen molar-refractivity contribution in [1.29, 1.82) is 0 Å². The number of carbonyl (C=O) groups is 2. The third-order valence-electron chi connectivity index (χ3n) is 7.71. The quantitative estimate of drug-likeness (QED) is 0.223. The zero-order valence-corrected chi connectivity index (χ0v) is 24.5. The van der Waals surface area contributed by atoms with Crippen LogP contribution in [0, 0.1) is 12.8 Å². The number of nitrogens with one attached hydrogen (secondary N) is 2. The van der Waals surface area contributed by atoms with Crippen LogP contribution in [0.2, 0.25) is 0 Å². The average molecular weight is 554 g/mol. The van der Waals surface area contributed by atoms with Gasteiger partial charge in [0.25, 0.3) is 5.91 Å². The Morgan fingerprint density at radius 1 is 1.12 bits per heavy atom. The van der Waals surface area contributed by atoms with Gasteiger partial charge in [-0.15, -0.1) is 0 Å². The van der Waals surface area contributed by atoms with E-state index in [0.29, 0.717) is 35.2 Å². The van der Waals surface area contributed by atoms with Gasteiger partial charge in [-0.25, -0.2) is 9.97 Å². The van der Waals surface area contributed by atoms with Crippen LogP contribution in [-0.4, -0.2) is 49.4 Å². The van der Waals surface area contributed by atoms with E-state index in [-0.39, 0.29) is 24.2 Å². The topological polar surface area (TPSA) is 109 Å². The predicted molar refractivity (Wildman–Crippen MR) is 162 cm³/mol. The van der Waals surface area contributed by atoms with Crippen LogP contribution < -0.4 is 10.6 Å². The molecule has 2 aromatic heterocycles. The van der Waals surface area contributed by atoms with Crippen molar-refractivity contribution in [1.82, 2.24) is 19.7 Å². The number of nitrogens with zero attached hydrogens (tertiary/aromatic N) is 3. The highest BCUT2D eigenvalue weighted by Crippen LogP contribution is 2.30. The summed E-state index contributed by atoms with van der Waals surface area (Å²) >= 11 is 0. The maximum absolute atomic E-state index is 12.8. The molecular formula is C33H39N5O3. The van der Waals surface area contributed by atoms with Gasteiger partial charge in [-0.2, -0.15) is 0 Å². The second kappa shape index (κ2) is 11.4. The largest absolute Gasteiger partial charge is 0.389 e. The first-order chi connectivity index (χ1) is 19.5. The van der Waals surface area contributed by atoms with Crippen LogP contribution in [0.3, 0.4) is 0 Å². The number of benzene rings is 2. The minimum atomic E-state index is -0.950. The second-order valence-corrected chi connectivity index (χ2v) is 11.9. The van der Waals surface area contributed by atoms with Crippen LogP contribution >= 0.6 is 0 Å². The van der Waals surface area contributed by atoms with Gasteiger partial charge in [-0.1, -0.05) is 38.1 Å². The monoisotopic (exact) mass is 553 g/mol. The molecule has 1 saturated carbocycles. The number of anilines is 1. The third kappa shape index (κ3) is 6.65. The highest BCUT2D eigenvalue weighted by Gasteiger charge is 2.24. The van der Waals surface area contributed by atoms with E-state index in [1.54, 1.807) is 20.0 Å². The Morgan fingerprint density at radius 2 is 1.83 bits per heavy atom. The lowest BCUT2D eigenvalue weighted by Gasteiger charge is -2.19. The van der Waals surface area contributed by atoms with E-state index in [0.717, 1.165) is 47.2 Å². The second-order valence-electron chi connectivity index (χ2n) is 11.9. The maximum Gasteiger partial charge on any atom is 0.251 e. The number of amides is 1. The number of carbonyl (C=O) groups excluding carboxylic acids is 2. The molecule has 8 nitrogen and oxygen atoms in total. The molecule has 1 aliphatic carbocycles. The normalized spacial score (nSPS) is 14.2. The van der Waals surface area contributed by atoms with Gasteiger partial charge in [0.1, 0.15) is 5.78 Å². The molecule has 1 fully saturated rings. The fourth-order valence-corrected chi connectivity index (χ4v) is 4.66. The van der Waals surface area contributed by atoms with Crippen molar-refractivity contribution in [3.8, 4) is 22.5 Å². The fraction of sp³-hybridized carbons (Fsp3) is 0.394. The number of ketones is 1. The van der Waals surface area contributed by atoms with Gasteiger partial charge in [0.05, 0.1) is 23.2 Å². The molecule has 8 heteroatoms. The van der Waals surface area contributed by atoms with Crippen molar-refractivity contribution >= 4 is 23.2 Å². The number of aryl methyl sites for hydroxylation is 1. The van der Waals surface area contributed by atoms with Crippen LogP contribution in [-0.2, 0) is 11.2 Å². The Hall–Kier alpha value is -4.04. The van der Waals surface area contributed by atoms with Crippen LogP contribution in [0.4, 0.5) is 5.82 Å². The summed E-state index contributed by atoms with van der Waals surface area (Å²) in [5, 5.41) is 16.7. The molecule has 41 heavy (non-hydrogen) atoms. The number of imidazole rings is 1. The summed E-state index contributed by atoms with van der Waals surface area (Å²) in [5.74, 6) is 0.748. The summed E-state index contributed by atoms with van der Waals surface area (Å²) in [5.41, 5.74) is 5.74. The van der Waals surface area contributed by atoms with E-state index in [9.17, 15) is 14.7 Å². The average Bonchev–Trinajstić information content (AvgIpc) is 3.66. The molecule has 2 heterocycles. The number of aromatic nitrogens is 3. The summed E-state index contributed by atoms with van der Waals surface area (Å²) in [6.45, 7) is 9.79. The van der Waals surface area contributed by atoms with Crippen molar-refractivity contribution in [2.75, 3.05) is 11.9 Å². The maximum atomic E-state index is 12.8. The molecule has 1 aliphatic rings. The van der Waals surface area contributed by atoms with E-state index in [2.05, 4.69) is 15.6 Å². The zero-order chi connectivity index (χ0) is 29.3. The Morgan fingerprint density at radius 3 is 2.49 bits per heavy atom. The SMILES string of the molecule is CCC(C)C(=O)Cc1cc(-c2cn3c(-c4ccc(C(=O)NC5CC5)cc4)cnc3c(NCC(C)(C)O)n2)ccc1C. The third-order valence-corrected chi connectivity index (χ3v) is 7.71. The van der Waals surface area contributed by atoms with Crippen molar-refractivity contribution < 1.29 is 14.7 Å². The number of hydrogen-bond acceptors (Lipinski definition) is 6. The lowest BCUT2D eigenvalue weighted by Crippen LogP contribution is -2.29. The molecule has 214 valence electrons. The highest BCUT2D eigenvalue weighted by molar-refractivity contribution is 5.95. The predicted octanol–water partition coefficient (Wildman–Crippen LogP) is 5.60. The fourth-order valence-electron chi connectivity index (χ4n) is 4.66. The molecule has 2 aromatic carbocycles. The van der Waals surface area contributed by atoms with Crippen LogP contribution in [0.25, 0.3) is 28.2 Å². The molecule has 4 aromatic rings. The van der Waals surface area contributed by atoms with Gasteiger partial charge >= 0.3 is 0 Å². The van der Waals surface area contributed by atoms with Gasteiger partial charge in [0.15, 0.2) is 11.5 Å². The number of fused-ring (bicyclic) bond motifs is 1. The molecule has 0 saturated heterocycles. The van der Waals surface area contributed by atoms with Gasteiger partial charge < -0.3 is 15.7 Å². The first-order valence-electron chi connectivity index (χ1n) is 14.4. The van der Waals surface area contributed by atoms with Crippen LogP contribution in [0.15, 0.2) is 54.9 Å². The Labute approximate surface area is 241 Å². The van der Waals surface area contributed by atoms with Crippen molar-refractivity contribution in [3.63, 3.8) is 0 Å². The van der Waals surface area contributed by atoms with E-state index in [1.165, 1.54) is 0 Å². The smallest absolute Gasteiger partial charge is 0.251 e. The number of rotatable bonds is 11. The molecule has 0 spiro atoms. The summed E-state index contributed by atoms with van der Waals surface area (Å²) in [6.07, 6.45) is 7.04. The first-order valence-corrected chi connectivity index (χ1v) is 14.4. The van der Waals surface area contributed by atoms with Crippen molar-refractivity contribution in [2.24, 2.45) is 5.92 Å². The lowest BCUT2D eigenvalue weighted by atomic mass is 9.93. The van der Waals surface area contributed by atoms with E-state index >= 15 is 0 Å². The summed E-state index contributed by atoms with van der Waals surface area (Å²) in [6, 6.07) is 13.9. The van der Waals surface area contributed by atoms with E-state index < -0.39 is 5.60 Å².